The van der Waals surface area contributed by atoms with E-state index in [1.165, 1.54) is 43.7 Å². The Morgan fingerprint density at radius 3 is 2.85 bits per heavy atom. The third kappa shape index (κ3) is 5.58. The molecule has 1 fully saturated rings. The zero-order valence-electron chi connectivity index (χ0n) is 9.01. The van der Waals surface area contributed by atoms with Crippen molar-refractivity contribution in [1.29, 1.82) is 0 Å². The first kappa shape index (κ1) is 11.4. The molecular formula is C11H23NS. The molecule has 1 N–H and O–H groups in total. The van der Waals surface area contributed by atoms with Crippen LogP contribution in [0.2, 0.25) is 0 Å². The summed E-state index contributed by atoms with van der Waals surface area (Å²) in [6.07, 6.45) is 5.58. The van der Waals surface area contributed by atoms with E-state index in [2.05, 4.69) is 30.9 Å². The Morgan fingerprint density at radius 2 is 2.23 bits per heavy atom. The summed E-state index contributed by atoms with van der Waals surface area (Å²) in [7, 11) is 0. The lowest BCUT2D eigenvalue weighted by Gasteiger charge is -2.23. The number of thioether (sulfide) groups is 1. The van der Waals surface area contributed by atoms with Crippen LogP contribution in [0.4, 0.5) is 0 Å². The van der Waals surface area contributed by atoms with Crippen LogP contribution in [0.1, 0.15) is 39.5 Å². The molecule has 0 aliphatic carbocycles. The van der Waals surface area contributed by atoms with Gasteiger partial charge in [-0.1, -0.05) is 20.3 Å². The van der Waals surface area contributed by atoms with E-state index in [1.54, 1.807) is 0 Å². The lowest BCUT2D eigenvalue weighted by atomic mass is 10.1. The molecule has 2 heteroatoms. The fraction of sp³-hybridized carbons (Fsp3) is 1.00. The maximum atomic E-state index is 3.59. The molecule has 1 saturated heterocycles. The SMILES string of the molecule is CC(C)CCSCC1CCCCN1. The van der Waals surface area contributed by atoms with Gasteiger partial charge in [-0.05, 0) is 37.5 Å². The van der Waals surface area contributed by atoms with Crippen molar-refractivity contribution in [3.05, 3.63) is 0 Å². The Morgan fingerprint density at radius 1 is 1.38 bits per heavy atom. The van der Waals surface area contributed by atoms with E-state index in [9.17, 15) is 0 Å². The predicted octanol–water partition coefficient (Wildman–Crippen LogP) is 2.91. The Kier molecular flexibility index (Phi) is 5.88. The maximum Gasteiger partial charge on any atom is 0.0158 e. The summed E-state index contributed by atoms with van der Waals surface area (Å²) in [5.41, 5.74) is 0. The summed E-state index contributed by atoms with van der Waals surface area (Å²) >= 11 is 2.13. The molecule has 0 aromatic heterocycles. The molecule has 1 aliphatic rings. The smallest absolute Gasteiger partial charge is 0.0158 e. The number of nitrogens with one attached hydrogen (secondary N) is 1. The van der Waals surface area contributed by atoms with Gasteiger partial charge in [-0.25, -0.2) is 0 Å². The second-order valence-corrected chi connectivity index (χ2v) is 5.55. The highest BCUT2D eigenvalue weighted by atomic mass is 32.2. The van der Waals surface area contributed by atoms with E-state index >= 15 is 0 Å². The lowest BCUT2D eigenvalue weighted by Crippen LogP contribution is -2.35. The molecule has 0 bridgehead atoms. The van der Waals surface area contributed by atoms with Crippen molar-refractivity contribution in [1.82, 2.24) is 5.32 Å². The number of hydrogen-bond acceptors (Lipinski definition) is 2. The van der Waals surface area contributed by atoms with Gasteiger partial charge in [0.05, 0.1) is 0 Å². The van der Waals surface area contributed by atoms with Gasteiger partial charge in [-0.3, -0.25) is 0 Å². The van der Waals surface area contributed by atoms with Crippen LogP contribution < -0.4 is 5.32 Å². The van der Waals surface area contributed by atoms with Gasteiger partial charge in [0.25, 0.3) is 0 Å². The largest absolute Gasteiger partial charge is 0.313 e. The first-order chi connectivity index (χ1) is 6.29. The Bertz CT molecular complexity index is 119. The lowest BCUT2D eigenvalue weighted by molar-refractivity contribution is 0.430. The van der Waals surface area contributed by atoms with Gasteiger partial charge in [-0.2, -0.15) is 11.8 Å². The number of piperidine rings is 1. The van der Waals surface area contributed by atoms with Crippen molar-refractivity contribution in [2.45, 2.75) is 45.6 Å². The summed E-state index contributed by atoms with van der Waals surface area (Å²) in [5, 5.41) is 3.59. The monoisotopic (exact) mass is 201 g/mol. The Balaban J connectivity index is 1.92. The minimum atomic E-state index is 0.811. The van der Waals surface area contributed by atoms with Gasteiger partial charge in [-0.15, -0.1) is 0 Å². The van der Waals surface area contributed by atoms with Crippen molar-refractivity contribution in [3.8, 4) is 0 Å². The third-order valence-corrected chi connectivity index (χ3v) is 3.73. The molecule has 1 heterocycles. The molecule has 0 amide bonds. The Hall–Kier alpha value is 0.310. The maximum absolute atomic E-state index is 3.59. The number of hydrogen-bond donors (Lipinski definition) is 1. The normalized spacial score (nSPS) is 23.8. The summed E-state index contributed by atoms with van der Waals surface area (Å²) in [4.78, 5) is 0. The zero-order valence-corrected chi connectivity index (χ0v) is 9.83. The van der Waals surface area contributed by atoms with Gasteiger partial charge in [0.2, 0.25) is 0 Å². The topological polar surface area (TPSA) is 12.0 Å². The molecule has 0 aromatic rings. The molecule has 1 aliphatic heterocycles. The molecule has 1 nitrogen and oxygen atoms in total. The average Bonchev–Trinajstić information content (AvgIpc) is 2.14. The Labute approximate surface area is 87.1 Å². The highest BCUT2D eigenvalue weighted by Gasteiger charge is 2.11. The fourth-order valence-corrected chi connectivity index (χ4v) is 2.98. The van der Waals surface area contributed by atoms with Crippen LogP contribution in [-0.2, 0) is 0 Å². The molecule has 0 saturated carbocycles. The van der Waals surface area contributed by atoms with Crippen molar-refractivity contribution in [2.75, 3.05) is 18.1 Å². The van der Waals surface area contributed by atoms with Gasteiger partial charge in [0, 0.05) is 11.8 Å². The van der Waals surface area contributed by atoms with Crippen LogP contribution in [0.15, 0.2) is 0 Å². The van der Waals surface area contributed by atoms with Crippen molar-refractivity contribution >= 4 is 11.8 Å². The van der Waals surface area contributed by atoms with Crippen molar-refractivity contribution < 1.29 is 0 Å². The summed E-state index contributed by atoms with van der Waals surface area (Å²) in [5.74, 6) is 3.54. The summed E-state index contributed by atoms with van der Waals surface area (Å²) < 4.78 is 0. The standard InChI is InChI=1S/C11H23NS/c1-10(2)6-8-13-9-11-5-3-4-7-12-11/h10-12H,3-9H2,1-2H3. The molecule has 0 spiro atoms. The quantitative estimate of drug-likeness (QED) is 0.686. The molecule has 1 rings (SSSR count). The van der Waals surface area contributed by atoms with Crippen LogP contribution in [0.5, 0.6) is 0 Å². The fourth-order valence-electron chi connectivity index (χ4n) is 1.61. The first-order valence-corrected chi connectivity index (χ1v) is 6.75. The van der Waals surface area contributed by atoms with E-state index in [0.29, 0.717) is 0 Å². The molecule has 1 unspecified atom stereocenters. The zero-order chi connectivity index (χ0) is 9.52. The van der Waals surface area contributed by atoms with Crippen molar-refractivity contribution in [2.24, 2.45) is 5.92 Å². The van der Waals surface area contributed by atoms with E-state index < -0.39 is 0 Å². The minimum Gasteiger partial charge on any atom is -0.313 e. The van der Waals surface area contributed by atoms with Crippen LogP contribution in [0, 0.1) is 5.92 Å². The summed E-state index contributed by atoms with van der Waals surface area (Å²) in [6, 6.07) is 0.811. The molecule has 13 heavy (non-hydrogen) atoms. The van der Waals surface area contributed by atoms with Crippen molar-refractivity contribution in [3.63, 3.8) is 0 Å². The molecule has 78 valence electrons. The van der Waals surface area contributed by atoms with E-state index in [1.807, 2.05) is 0 Å². The van der Waals surface area contributed by atoms with E-state index in [4.69, 9.17) is 0 Å². The van der Waals surface area contributed by atoms with Gasteiger partial charge >= 0.3 is 0 Å². The van der Waals surface area contributed by atoms with Gasteiger partial charge in [0.15, 0.2) is 0 Å². The molecule has 1 atom stereocenters. The molecular weight excluding hydrogens is 178 g/mol. The van der Waals surface area contributed by atoms with Crippen LogP contribution >= 0.6 is 11.8 Å². The first-order valence-electron chi connectivity index (χ1n) is 5.60. The molecule has 0 aromatic carbocycles. The highest BCUT2D eigenvalue weighted by Crippen LogP contribution is 2.14. The van der Waals surface area contributed by atoms with Crippen LogP contribution in [-0.4, -0.2) is 24.1 Å². The molecule has 0 radical (unpaired) electrons. The third-order valence-electron chi connectivity index (χ3n) is 2.57. The number of rotatable bonds is 5. The van der Waals surface area contributed by atoms with E-state index in [-0.39, 0.29) is 0 Å². The summed E-state index contributed by atoms with van der Waals surface area (Å²) in [6.45, 7) is 5.86. The second kappa shape index (κ2) is 6.72. The van der Waals surface area contributed by atoms with Crippen LogP contribution in [0.25, 0.3) is 0 Å². The second-order valence-electron chi connectivity index (χ2n) is 4.40. The van der Waals surface area contributed by atoms with E-state index in [0.717, 1.165) is 12.0 Å². The average molecular weight is 201 g/mol. The predicted molar refractivity (Wildman–Crippen MR) is 62.4 cm³/mol. The van der Waals surface area contributed by atoms with Gasteiger partial charge in [0.1, 0.15) is 0 Å². The van der Waals surface area contributed by atoms with Gasteiger partial charge < -0.3 is 5.32 Å². The minimum absolute atomic E-state index is 0.811. The van der Waals surface area contributed by atoms with Crippen LogP contribution in [0.3, 0.4) is 0 Å². The highest BCUT2D eigenvalue weighted by molar-refractivity contribution is 7.99.